The quantitative estimate of drug-likeness (QED) is 0.842. The van der Waals surface area contributed by atoms with Crippen LogP contribution in [-0.2, 0) is 9.59 Å². The summed E-state index contributed by atoms with van der Waals surface area (Å²) in [6.45, 7) is -0.309. The third-order valence-corrected chi connectivity index (χ3v) is 3.41. The van der Waals surface area contributed by atoms with Crippen LogP contribution in [0.25, 0.3) is 10.8 Å². The molecule has 0 unspecified atom stereocenters. The van der Waals surface area contributed by atoms with E-state index in [4.69, 9.17) is 5.11 Å². The van der Waals surface area contributed by atoms with Crippen LogP contribution >= 0.6 is 0 Å². The van der Waals surface area contributed by atoms with E-state index in [1.54, 1.807) is 24.3 Å². The summed E-state index contributed by atoms with van der Waals surface area (Å²) in [5.41, 5.74) is 0.775. The molecule has 2 aromatic carbocycles. The van der Waals surface area contributed by atoms with Gasteiger partial charge in [-0.15, -0.1) is 0 Å². The molecule has 1 aliphatic rings. The molecule has 2 N–H and O–H groups in total. The van der Waals surface area contributed by atoms with Gasteiger partial charge in [0.25, 0.3) is 11.8 Å². The number of benzene rings is 2. The SMILES string of the molecule is O=C1C=C(Nc2ccc3cc(F)ccc3c2)C(=O)N1CCO. The van der Waals surface area contributed by atoms with Gasteiger partial charge < -0.3 is 10.4 Å². The van der Waals surface area contributed by atoms with E-state index in [0.29, 0.717) is 5.69 Å². The lowest BCUT2D eigenvalue weighted by Gasteiger charge is -2.13. The molecule has 0 fully saturated rings. The fraction of sp³-hybridized carbons (Fsp3) is 0.125. The first-order valence-corrected chi connectivity index (χ1v) is 6.73. The first-order valence-electron chi connectivity index (χ1n) is 6.73. The van der Waals surface area contributed by atoms with Gasteiger partial charge in [0.1, 0.15) is 11.5 Å². The molecular formula is C16H13FN2O3. The zero-order valence-corrected chi connectivity index (χ0v) is 11.5. The minimum atomic E-state index is -0.474. The van der Waals surface area contributed by atoms with E-state index >= 15 is 0 Å². The van der Waals surface area contributed by atoms with Crippen LogP contribution in [0.5, 0.6) is 0 Å². The molecule has 0 aliphatic carbocycles. The highest BCUT2D eigenvalue weighted by Crippen LogP contribution is 2.23. The molecule has 0 saturated heterocycles. The number of fused-ring (bicyclic) bond motifs is 1. The highest BCUT2D eigenvalue weighted by atomic mass is 19.1. The summed E-state index contributed by atoms with van der Waals surface area (Å²) in [4.78, 5) is 24.7. The van der Waals surface area contributed by atoms with Crippen LogP contribution in [0.15, 0.2) is 48.2 Å². The highest BCUT2D eigenvalue weighted by Gasteiger charge is 2.30. The number of nitrogens with zero attached hydrogens (tertiary/aromatic N) is 1. The number of imide groups is 1. The monoisotopic (exact) mass is 300 g/mol. The number of carbonyl (C=O) groups is 2. The molecule has 2 aromatic rings. The molecule has 1 aliphatic heterocycles. The van der Waals surface area contributed by atoms with E-state index in [0.717, 1.165) is 15.7 Å². The number of amides is 2. The van der Waals surface area contributed by atoms with Gasteiger partial charge in [0, 0.05) is 11.8 Å². The number of hydrogen-bond acceptors (Lipinski definition) is 4. The second-order valence-electron chi connectivity index (χ2n) is 4.91. The summed E-state index contributed by atoms with van der Waals surface area (Å²) < 4.78 is 13.1. The van der Waals surface area contributed by atoms with E-state index in [1.165, 1.54) is 18.2 Å². The molecule has 0 aromatic heterocycles. The maximum absolute atomic E-state index is 13.1. The van der Waals surface area contributed by atoms with Gasteiger partial charge in [0.15, 0.2) is 0 Å². The van der Waals surface area contributed by atoms with Crippen molar-refractivity contribution in [3.8, 4) is 0 Å². The minimum absolute atomic E-state index is 0.0314. The molecule has 0 bridgehead atoms. The van der Waals surface area contributed by atoms with Crippen molar-refractivity contribution in [1.29, 1.82) is 0 Å². The van der Waals surface area contributed by atoms with Crippen molar-refractivity contribution in [2.75, 3.05) is 18.5 Å². The third-order valence-electron chi connectivity index (χ3n) is 3.41. The standard InChI is InChI=1S/C16H13FN2O3/c17-12-3-1-11-8-13(4-2-10(11)7-12)18-14-9-15(21)19(5-6-20)16(14)22/h1-4,7-9,18,20H,5-6H2. The summed E-state index contributed by atoms with van der Waals surface area (Å²) >= 11 is 0. The van der Waals surface area contributed by atoms with E-state index in [1.807, 2.05) is 0 Å². The first kappa shape index (κ1) is 14.2. The Labute approximate surface area is 125 Å². The largest absolute Gasteiger partial charge is 0.395 e. The summed E-state index contributed by atoms with van der Waals surface area (Å²) in [6, 6.07) is 9.62. The van der Waals surface area contributed by atoms with Crippen molar-refractivity contribution < 1.29 is 19.1 Å². The van der Waals surface area contributed by atoms with Crippen LogP contribution in [0.1, 0.15) is 0 Å². The molecule has 0 radical (unpaired) electrons. The Bertz CT molecular complexity index is 801. The highest BCUT2D eigenvalue weighted by molar-refractivity contribution is 6.17. The van der Waals surface area contributed by atoms with Gasteiger partial charge in [-0.1, -0.05) is 12.1 Å². The Balaban J connectivity index is 1.84. The zero-order valence-electron chi connectivity index (χ0n) is 11.5. The lowest BCUT2D eigenvalue weighted by atomic mass is 10.1. The van der Waals surface area contributed by atoms with E-state index < -0.39 is 11.8 Å². The van der Waals surface area contributed by atoms with E-state index in [9.17, 15) is 14.0 Å². The molecule has 5 nitrogen and oxygen atoms in total. The lowest BCUT2D eigenvalue weighted by molar-refractivity contribution is -0.137. The second-order valence-corrected chi connectivity index (χ2v) is 4.91. The average Bonchev–Trinajstić information content (AvgIpc) is 2.75. The van der Waals surface area contributed by atoms with Crippen LogP contribution in [-0.4, -0.2) is 35.0 Å². The lowest BCUT2D eigenvalue weighted by Crippen LogP contribution is -2.34. The molecule has 2 amide bonds. The predicted molar refractivity (Wildman–Crippen MR) is 79.4 cm³/mol. The van der Waals surface area contributed by atoms with Gasteiger partial charge in [0.05, 0.1) is 13.2 Å². The van der Waals surface area contributed by atoms with Crippen molar-refractivity contribution in [3.05, 3.63) is 54.0 Å². The van der Waals surface area contributed by atoms with Gasteiger partial charge in [-0.2, -0.15) is 0 Å². The fourth-order valence-electron chi connectivity index (χ4n) is 2.36. The molecular weight excluding hydrogens is 287 g/mol. The number of aliphatic hydroxyl groups is 1. The Hall–Kier alpha value is -2.73. The number of nitrogens with one attached hydrogen (secondary N) is 1. The van der Waals surface area contributed by atoms with Crippen molar-refractivity contribution in [1.82, 2.24) is 4.90 Å². The number of anilines is 1. The van der Waals surface area contributed by atoms with Crippen molar-refractivity contribution >= 4 is 28.3 Å². The summed E-state index contributed by atoms with van der Waals surface area (Å²) in [5, 5.41) is 13.3. The maximum atomic E-state index is 13.1. The minimum Gasteiger partial charge on any atom is -0.395 e. The van der Waals surface area contributed by atoms with Crippen LogP contribution in [0, 0.1) is 5.82 Å². The molecule has 3 rings (SSSR count). The molecule has 6 heteroatoms. The van der Waals surface area contributed by atoms with Crippen molar-refractivity contribution in [2.24, 2.45) is 0 Å². The maximum Gasteiger partial charge on any atom is 0.277 e. The molecule has 22 heavy (non-hydrogen) atoms. The number of hydrogen-bond donors (Lipinski definition) is 2. The Morgan fingerprint density at radius 3 is 2.59 bits per heavy atom. The Morgan fingerprint density at radius 1 is 1.09 bits per heavy atom. The van der Waals surface area contributed by atoms with Gasteiger partial charge >= 0.3 is 0 Å². The number of halogens is 1. The van der Waals surface area contributed by atoms with Gasteiger partial charge in [-0.25, -0.2) is 4.39 Å². The van der Waals surface area contributed by atoms with Gasteiger partial charge in [-0.05, 0) is 35.0 Å². The van der Waals surface area contributed by atoms with Crippen molar-refractivity contribution in [2.45, 2.75) is 0 Å². The van der Waals surface area contributed by atoms with Crippen molar-refractivity contribution in [3.63, 3.8) is 0 Å². The topological polar surface area (TPSA) is 69.6 Å². The first-order chi connectivity index (χ1) is 10.6. The molecule has 112 valence electrons. The number of β-amino-alcohol motifs (C(OH)–C–C–N with tert-alkyl or cyclic N) is 1. The number of carbonyl (C=O) groups excluding carboxylic acids is 2. The normalized spacial score (nSPS) is 14.6. The van der Waals surface area contributed by atoms with Crippen LogP contribution in [0.4, 0.5) is 10.1 Å². The molecule has 0 atom stereocenters. The van der Waals surface area contributed by atoms with Gasteiger partial charge in [0.2, 0.25) is 0 Å². The van der Waals surface area contributed by atoms with Crippen LogP contribution in [0.3, 0.4) is 0 Å². The van der Waals surface area contributed by atoms with Crippen LogP contribution in [0.2, 0.25) is 0 Å². The van der Waals surface area contributed by atoms with Gasteiger partial charge in [-0.3, -0.25) is 14.5 Å². The summed E-state index contributed by atoms with van der Waals surface area (Å²) in [5.74, 6) is -1.24. The average molecular weight is 300 g/mol. The van der Waals surface area contributed by atoms with E-state index in [2.05, 4.69) is 5.32 Å². The fourth-order valence-corrected chi connectivity index (χ4v) is 2.36. The summed E-state index contributed by atoms with van der Waals surface area (Å²) in [6.07, 6.45) is 1.20. The predicted octanol–water partition coefficient (Wildman–Crippen LogP) is 1.64. The molecule has 1 heterocycles. The Kier molecular flexibility index (Phi) is 3.60. The second kappa shape index (κ2) is 5.57. The zero-order chi connectivity index (χ0) is 15.7. The number of rotatable bonds is 4. The Morgan fingerprint density at radius 2 is 1.82 bits per heavy atom. The smallest absolute Gasteiger partial charge is 0.277 e. The van der Waals surface area contributed by atoms with E-state index in [-0.39, 0.29) is 24.7 Å². The molecule has 0 saturated carbocycles. The summed E-state index contributed by atoms with van der Waals surface area (Å²) in [7, 11) is 0. The van der Waals surface area contributed by atoms with Crippen LogP contribution < -0.4 is 5.32 Å². The number of aliphatic hydroxyl groups excluding tert-OH is 1. The third kappa shape index (κ3) is 2.56. The molecule has 0 spiro atoms.